The van der Waals surface area contributed by atoms with Crippen LogP contribution in [0.5, 0.6) is 5.75 Å². The Morgan fingerprint density at radius 3 is 2.31 bits per heavy atom. The highest BCUT2D eigenvalue weighted by atomic mass is 16.5. The lowest BCUT2D eigenvalue weighted by atomic mass is 9.85. The van der Waals surface area contributed by atoms with Crippen molar-refractivity contribution in [2.45, 2.75) is 77.0 Å². The van der Waals surface area contributed by atoms with Crippen molar-refractivity contribution < 1.29 is 14.3 Å². The van der Waals surface area contributed by atoms with E-state index in [9.17, 15) is 9.59 Å². The number of nitrogens with zero attached hydrogens (tertiary/aromatic N) is 5. The van der Waals surface area contributed by atoms with Crippen LogP contribution in [0.3, 0.4) is 0 Å². The summed E-state index contributed by atoms with van der Waals surface area (Å²) in [5.74, 6) is 0.854. The smallest absolute Gasteiger partial charge is 0.272 e. The van der Waals surface area contributed by atoms with E-state index in [0.29, 0.717) is 17.4 Å². The van der Waals surface area contributed by atoms with E-state index in [4.69, 9.17) is 4.74 Å². The number of carbonyl (C=O) groups is 2. The van der Waals surface area contributed by atoms with Crippen molar-refractivity contribution in [3.05, 3.63) is 58.8 Å². The molecule has 2 aromatic carbocycles. The molecule has 2 atom stereocenters. The van der Waals surface area contributed by atoms with Gasteiger partial charge in [0.15, 0.2) is 0 Å². The van der Waals surface area contributed by atoms with Crippen LogP contribution in [0.4, 0.5) is 5.69 Å². The van der Waals surface area contributed by atoms with E-state index < -0.39 is 0 Å². The van der Waals surface area contributed by atoms with Crippen molar-refractivity contribution in [3.8, 4) is 5.75 Å². The second-order valence-corrected chi connectivity index (χ2v) is 15.5. The van der Waals surface area contributed by atoms with Crippen LogP contribution in [0.1, 0.15) is 73.6 Å². The number of methoxy groups -OCH3 is 1. The number of piperidine rings is 1. The Bertz CT molecular complexity index is 1650. The molecule has 0 bridgehead atoms. The van der Waals surface area contributed by atoms with Gasteiger partial charge in [-0.1, -0.05) is 45.0 Å². The molecule has 3 saturated heterocycles. The number of aromatic nitrogens is 1. The minimum atomic E-state index is -0.155. The number of likely N-dealkylation sites (N-methyl/N-ethyl adjacent to an activating group) is 2. The zero-order valence-electron chi connectivity index (χ0n) is 30.8. The van der Waals surface area contributed by atoms with E-state index in [-0.39, 0.29) is 23.3 Å². The van der Waals surface area contributed by atoms with Crippen LogP contribution >= 0.6 is 0 Å². The molecule has 10 heteroatoms. The monoisotopic (exact) mass is 671 g/mol. The number of fused-ring (bicyclic) bond motifs is 1. The van der Waals surface area contributed by atoms with E-state index in [0.717, 1.165) is 106 Å². The lowest BCUT2D eigenvalue weighted by Crippen LogP contribution is -2.52. The van der Waals surface area contributed by atoms with Gasteiger partial charge in [-0.2, -0.15) is 0 Å². The van der Waals surface area contributed by atoms with Gasteiger partial charge in [-0.3, -0.25) is 24.3 Å². The number of likely N-dealkylation sites (tertiary alicyclic amines) is 2. The first-order valence-electron chi connectivity index (χ1n) is 18.2. The van der Waals surface area contributed by atoms with Crippen LogP contribution in [0.2, 0.25) is 0 Å². The predicted molar refractivity (Wildman–Crippen MR) is 197 cm³/mol. The van der Waals surface area contributed by atoms with Gasteiger partial charge >= 0.3 is 0 Å². The molecule has 0 saturated carbocycles. The number of rotatable bonds is 9. The summed E-state index contributed by atoms with van der Waals surface area (Å²) in [6.45, 7) is 14.4. The van der Waals surface area contributed by atoms with Gasteiger partial charge in [-0.25, -0.2) is 0 Å². The van der Waals surface area contributed by atoms with Crippen molar-refractivity contribution in [2.75, 3.05) is 72.3 Å². The zero-order chi connectivity index (χ0) is 34.9. The molecule has 6 rings (SSSR count). The van der Waals surface area contributed by atoms with Crippen LogP contribution in [-0.4, -0.2) is 115 Å². The van der Waals surface area contributed by atoms with Crippen LogP contribution in [0, 0.1) is 0 Å². The molecule has 4 heterocycles. The SMILES string of the molecule is CNC1CCCN(Cc2cc(C(C)(C)C)cc(NC(=O)c3cc4cccc(CN5CCN(C(=O)[C@@H]6CCCN6C)CC5)c4n3C)c2OC)C1. The minimum absolute atomic E-state index is 0.0384. The topological polar surface area (TPSA) is 85.3 Å². The van der Waals surface area contributed by atoms with Crippen LogP contribution in [0.15, 0.2) is 36.4 Å². The Balaban J connectivity index is 1.20. The van der Waals surface area contributed by atoms with Crippen molar-refractivity contribution in [3.63, 3.8) is 0 Å². The van der Waals surface area contributed by atoms with Crippen molar-refractivity contribution in [2.24, 2.45) is 7.05 Å². The minimum Gasteiger partial charge on any atom is -0.494 e. The standard InChI is InChI=1S/C39H57N7O3/c1-39(2,3)30-21-29(25-45-16-9-13-31(26-45)40-4)36(49-7)32(23-30)41-37(47)34-22-27-11-8-12-28(35(27)43(34)6)24-44-17-19-46(20-18-44)38(48)33-14-10-15-42(33)5/h8,11-12,21-23,31,33,40H,9-10,13-20,24-26H2,1-7H3,(H,41,47)/t31?,33-/m0/s1. The molecule has 49 heavy (non-hydrogen) atoms. The predicted octanol–water partition coefficient (Wildman–Crippen LogP) is 4.66. The fourth-order valence-electron chi connectivity index (χ4n) is 8.08. The molecule has 10 nitrogen and oxygen atoms in total. The number of anilines is 1. The largest absolute Gasteiger partial charge is 0.494 e. The Labute approximate surface area is 292 Å². The molecule has 0 radical (unpaired) electrons. The summed E-state index contributed by atoms with van der Waals surface area (Å²) in [4.78, 5) is 36.4. The Morgan fingerprint density at radius 1 is 0.898 bits per heavy atom. The first kappa shape index (κ1) is 35.4. The van der Waals surface area contributed by atoms with Gasteiger partial charge in [0, 0.05) is 69.9 Å². The number of hydrogen-bond donors (Lipinski definition) is 2. The highest BCUT2D eigenvalue weighted by Crippen LogP contribution is 2.37. The summed E-state index contributed by atoms with van der Waals surface area (Å²) in [7, 11) is 7.79. The van der Waals surface area contributed by atoms with Gasteiger partial charge in [-0.15, -0.1) is 0 Å². The van der Waals surface area contributed by atoms with Gasteiger partial charge < -0.3 is 24.8 Å². The lowest BCUT2D eigenvalue weighted by molar-refractivity contribution is -0.137. The highest BCUT2D eigenvalue weighted by molar-refractivity contribution is 6.07. The number of para-hydroxylation sites is 1. The van der Waals surface area contributed by atoms with Crippen molar-refractivity contribution >= 4 is 28.4 Å². The van der Waals surface area contributed by atoms with E-state index >= 15 is 0 Å². The maximum atomic E-state index is 14.1. The molecular formula is C39H57N7O3. The van der Waals surface area contributed by atoms with Gasteiger partial charge in [0.25, 0.3) is 5.91 Å². The third kappa shape index (κ3) is 7.67. The van der Waals surface area contributed by atoms with Crippen LogP contribution in [-0.2, 0) is 30.3 Å². The van der Waals surface area contributed by atoms with Gasteiger partial charge in [0.2, 0.25) is 5.91 Å². The molecule has 266 valence electrons. The fourth-order valence-corrected chi connectivity index (χ4v) is 8.08. The normalized spacial score (nSPS) is 21.4. The Hall–Kier alpha value is -3.44. The molecule has 2 amide bonds. The molecule has 1 unspecified atom stereocenters. The molecule has 0 aliphatic carbocycles. The highest BCUT2D eigenvalue weighted by Gasteiger charge is 2.33. The second kappa shape index (κ2) is 14.8. The fraction of sp³-hybridized carbons (Fsp3) is 0.590. The zero-order valence-corrected chi connectivity index (χ0v) is 30.8. The van der Waals surface area contributed by atoms with E-state index in [1.54, 1.807) is 7.11 Å². The van der Waals surface area contributed by atoms with E-state index in [2.05, 4.69) is 88.4 Å². The molecule has 2 N–H and O–H groups in total. The first-order valence-corrected chi connectivity index (χ1v) is 18.2. The molecule has 3 fully saturated rings. The third-order valence-corrected chi connectivity index (χ3v) is 11.0. The van der Waals surface area contributed by atoms with Crippen molar-refractivity contribution in [1.82, 2.24) is 29.5 Å². The number of ether oxygens (including phenoxy) is 1. The number of nitrogens with one attached hydrogen (secondary N) is 2. The summed E-state index contributed by atoms with van der Waals surface area (Å²) in [5.41, 5.74) is 5.73. The molecule has 1 aromatic heterocycles. The van der Waals surface area contributed by atoms with Crippen molar-refractivity contribution in [1.29, 1.82) is 0 Å². The number of benzene rings is 2. The lowest BCUT2D eigenvalue weighted by Gasteiger charge is -2.37. The quantitative estimate of drug-likeness (QED) is 0.343. The summed E-state index contributed by atoms with van der Waals surface area (Å²) in [5, 5.41) is 7.76. The van der Waals surface area contributed by atoms with Gasteiger partial charge in [-0.05, 0) is 81.5 Å². The molecule has 3 aliphatic heterocycles. The maximum absolute atomic E-state index is 14.1. The average molecular weight is 672 g/mol. The molecule has 3 aliphatic rings. The van der Waals surface area contributed by atoms with E-state index in [1.807, 2.05) is 24.7 Å². The Morgan fingerprint density at radius 2 is 1.63 bits per heavy atom. The number of hydrogen-bond acceptors (Lipinski definition) is 7. The number of amides is 2. The van der Waals surface area contributed by atoms with Gasteiger partial charge in [0.1, 0.15) is 11.4 Å². The average Bonchev–Trinajstić information content (AvgIpc) is 3.67. The Kier molecular flexibility index (Phi) is 10.7. The maximum Gasteiger partial charge on any atom is 0.272 e. The number of carbonyl (C=O) groups excluding carboxylic acids is 2. The second-order valence-electron chi connectivity index (χ2n) is 15.5. The summed E-state index contributed by atoms with van der Waals surface area (Å²) < 4.78 is 8.06. The first-order chi connectivity index (χ1) is 23.5. The van der Waals surface area contributed by atoms with Crippen LogP contribution in [0.25, 0.3) is 10.9 Å². The number of aryl methyl sites for hydroxylation is 1. The van der Waals surface area contributed by atoms with Gasteiger partial charge in [0.05, 0.1) is 24.4 Å². The third-order valence-electron chi connectivity index (χ3n) is 11.0. The number of piperazine rings is 1. The molecule has 3 aromatic rings. The molecule has 0 spiro atoms. The summed E-state index contributed by atoms with van der Waals surface area (Å²) in [6, 6.07) is 13.2. The summed E-state index contributed by atoms with van der Waals surface area (Å²) >= 11 is 0. The van der Waals surface area contributed by atoms with E-state index in [1.165, 1.54) is 12.0 Å². The molecular weight excluding hydrogens is 614 g/mol. The summed E-state index contributed by atoms with van der Waals surface area (Å²) in [6.07, 6.45) is 4.42. The van der Waals surface area contributed by atoms with Crippen LogP contribution < -0.4 is 15.4 Å².